The zero-order valence-electron chi connectivity index (χ0n) is 17.7. The fourth-order valence-electron chi connectivity index (χ4n) is 2.90. The molecule has 0 atom stereocenters. The van der Waals surface area contributed by atoms with E-state index in [-0.39, 0.29) is 12.5 Å². The van der Waals surface area contributed by atoms with Crippen LogP contribution in [0.2, 0.25) is 5.02 Å². The Morgan fingerprint density at radius 3 is 2.69 bits per heavy atom. The molecule has 0 fully saturated rings. The van der Waals surface area contributed by atoms with Gasteiger partial charge in [-0.05, 0) is 69.5 Å². The number of benzene rings is 2. The van der Waals surface area contributed by atoms with Gasteiger partial charge in [-0.15, -0.1) is 0 Å². The molecular formula is C22H21Br2ClN4O3. The van der Waals surface area contributed by atoms with Crippen LogP contribution in [0.1, 0.15) is 22.5 Å². The summed E-state index contributed by atoms with van der Waals surface area (Å²) in [6.45, 7) is 4.12. The Kier molecular flexibility index (Phi) is 8.33. The quantitative estimate of drug-likeness (QED) is 0.284. The molecule has 1 amide bonds. The largest absolute Gasteiger partial charge is 0.493 e. The Balaban J connectivity index is 1.65. The summed E-state index contributed by atoms with van der Waals surface area (Å²) in [7, 11) is 1.55. The Morgan fingerprint density at radius 2 is 2.03 bits per heavy atom. The summed E-state index contributed by atoms with van der Waals surface area (Å²) < 4.78 is 14.6. The summed E-state index contributed by atoms with van der Waals surface area (Å²) in [5.74, 6) is 0.778. The van der Waals surface area contributed by atoms with Crippen molar-refractivity contribution in [3.05, 3.63) is 72.9 Å². The number of aryl methyl sites for hydroxylation is 1. The Labute approximate surface area is 208 Å². The summed E-state index contributed by atoms with van der Waals surface area (Å²) in [6, 6.07) is 11.1. The van der Waals surface area contributed by atoms with Crippen LogP contribution in [0, 0.1) is 13.8 Å². The fraction of sp³-hybridized carbons (Fsp3) is 0.227. The highest BCUT2D eigenvalue weighted by molar-refractivity contribution is 9.10. The first kappa shape index (κ1) is 24.3. The number of hydrogen-bond donors (Lipinski definition) is 1. The van der Waals surface area contributed by atoms with Crippen LogP contribution in [0.25, 0.3) is 0 Å². The van der Waals surface area contributed by atoms with E-state index < -0.39 is 0 Å². The molecule has 0 unspecified atom stereocenters. The summed E-state index contributed by atoms with van der Waals surface area (Å²) in [6.07, 6.45) is 1.53. The van der Waals surface area contributed by atoms with Crippen molar-refractivity contribution < 1.29 is 14.3 Å². The normalized spacial score (nSPS) is 11.1. The highest BCUT2D eigenvalue weighted by atomic mass is 79.9. The highest BCUT2D eigenvalue weighted by Crippen LogP contribution is 2.37. The molecule has 0 radical (unpaired) electrons. The van der Waals surface area contributed by atoms with Crippen molar-refractivity contribution in [2.24, 2.45) is 5.10 Å². The van der Waals surface area contributed by atoms with Crippen LogP contribution < -0.4 is 14.9 Å². The number of rotatable bonds is 8. The van der Waals surface area contributed by atoms with E-state index in [9.17, 15) is 4.79 Å². The highest BCUT2D eigenvalue weighted by Gasteiger charge is 2.13. The van der Waals surface area contributed by atoms with E-state index >= 15 is 0 Å². The summed E-state index contributed by atoms with van der Waals surface area (Å²) in [4.78, 5) is 12.2. The van der Waals surface area contributed by atoms with E-state index in [0.717, 1.165) is 21.4 Å². The molecule has 0 bridgehead atoms. The van der Waals surface area contributed by atoms with Crippen LogP contribution in [-0.2, 0) is 17.9 Å². The van der Waals surface area contributed by atoms with Crippen LogP contribution >= 0.6 is 43.5 Å². The second-order valence-corrected chi connectivity index (χ2v) is 8.90. The average Bonchev–Trinajstić information content (AvgIpc) is 3.00. The maximum atomic E-state index is 12.2. The van der Waals surface area contributed by atoms with Gasteiger partial charge in [0, 0.05) is 10.6 Å². The van der Waals surface area contributed by atoms with Gasteiger partial charge >= 0.3 is 0 Å². The van der Waals surface area contributed by atoms with E-state index in [1.165, 1.54) is 6.21 Å². The minimum absolute atomic E-state index is 0.0669. The van der Waals surface area contributed by atoms with Gasteiger partial charge in [-0.2, -0.15) is 10.2 Å². The maximum absolute atomic E-state index is 12.2. The lowest BCUT2D eigenvalue weighted by atomic mass is 10.2. The molecule has 0 saturated heterocycles. The first-order valence-corrected chi connectivity index (χ1v) is 11.5. The van der Waals surface area contributed by atoms with Crippen LogP contribution in [0.3, 0.4) is 0 Å². The van der Waals surface area contributed by atoms with Crippen molar-refractivity contribution in [2.75, 3.05) is 7.11 Å². The van der Waals surface area contributed by atoms with E-state index in [1.807, 2.05) is 44.2 Å². The van der Waals surface area contributed by atoms with Crippen LogP contribution in [0.4, 0.5) is 0 Å². The molecule has 0 spiro atoms. The molecule has 7 nitrogen and oxygen atoms in total. The number of ether oxygens (including phenoxy) is 2. The van der Waals surface area contributed by atoms with Gasteiger partial charge in [-0.25, -0.2) is 5.43 Å². The van der Waals surface area contributed by atoms with Crippen molar-refractivity contribution in [3.8, 4) is 11.5 Å². The molecule has 3 aromatic rings. The van der Waals surface area contributed by atoms with E-state index in [2.05, 4.69) is 47.5 Å². The van der Waals surface area contributed by atoms with Gasteiger partial charge in [-0.1, -0.05) is 29.8 Å². The molecule has 1 aromatic heterocycles. The molecule has 3 rings (SSSR count). The molecule has 0 aliphatic heterocycles. The summed E-state index contributed by atoms with van der Waals surface area (Å²) in [5, 5.41) is 8.99. The predicted molar refractivity (Wildman–Crippen MR) is 132 cm³/mol. The van der Waals surface area contributed by atoms with Gasteiger partial charge in [0.2, 0.25) is 0 Å². The number of aromatic nitrogens is 2. The predicted octanol–water partition coefficient (Wildman–Crippen LogP) is 5.42. The lowest BCUT2D eigenvalue weighted by Gasteiger charge is -2.14. The maximum Gasteiger partial charge on any atom is 0.261 e. The second kappa shape index (κ2) is 11.0. The molecule has 0 aliphatic carbocycles. The van der Waals surface area contributed by atoms with E-state index in [1.54, 1.807) is 17.9 Å². The van der Waals surface area contributed by atoms with Crippen LogP contribution in [0.5, 0.6) is 11.5 Å². The van der Waals surface area contributed by atoms with Gasteiger partial charge in [0.15, 0.2) is 11.5 Å². The molecule has 0 saturated carbocycles. The first-order valence-electron chi connectivity index (χ1n) is 9.55. The van der Waals surface area contributed by atoms with Crippen molar-refractivity contribution in [3.63, 3.8) is 0 Å². The minimum Gasteiger partial charge on any atom is -0.493 e. The third-order valence-electron chi connectivity index (χ3n) is 4.57. The smallest absolute Gasteiger partial charge is 0.261 e. The third kappa shape index (κ3) is 5.90. The number of halogens is 3. The minimum atomic E-state index is -0.287. The summed E-state index contributed by atoms with van der Waals surface area (Å²) >= 11 is 13.2. The van der Waals surface area contributed by atoms with Gasteiger partial charge in [-0.3, -0.25) is 9.48 Å². The second-order valence-electron chi connectivity index (χ2n) is 6.85. The Bertz CT molecular complexity index is 1160. The molecule has 0 aliphatic rings. The number of hydrogen-bond acceptors (Lipinski definition) is 5. The number of methoxy groups -OCH3 is 1. The lowest BCUT2D eigenvalue weighted by molar-refractivity contribution is -0.121. The SMILES string of the molecule is COc1cc(C=NNC(=O)Cn2nc(C)c(Br)c2C)cc(Br)c1OCc1ccccc1Cl. The number of carbonyl (C=O) groups excluding carboxylic acids is 1. The molecule has 1 N–H and O–H groups in total. The fourth-order valence-corrected chi connectivity index (χ4v) is 3.95. The number of amides is 1. The summed E-state index contributed by atoms with van der Waals surface area (Å²) in [5.41, 5.74) is 5.80. The van der Waals surface area contributed by atoms with Crippen LogP contribution in [0.15, 0.2) is 50.4 Å². The third-order valence-corrected chi connectivity index (χ3v) is 6.68. The topological polar surface area (TPSA) is 77.7 Å². The van der Waals surface area contributed by atoms with Crippen molar-refractivity contribution in [2.45, 2.75) is 27.0 Å². The van der Waals surface area contributed by atoms with Gasteiger partial charge in [0.1, 0.15) is 13.2 Å². The van der Waals surface area contributed by atoms with Crippen molar-refractivity contribution in [1.29, 1.82) is 0 Å². The molecule has 10 heteroatoms. The van der Waals surface area contributed by atoms with E-state index in [0.29, 0.717) is 33.2 Å². The van der Waals surface area contributed by atoms with Crippen LogP contribution in [-0.4, -0.2) is 29.0 Å². The number of nitrogens with zero attached hydrogens (tertiary/aromatic N) is 3. The van der Waals surface area contributed by atoms with Gasteiger partial charge in [0.25, 0.3) is 5.91 Å². The van der Waals surface area contributed by atoms with E-state index in [4.69, 9.17) is 21.1 Å². The average molecular weight is 585 g/mol. The number of nitrogens with one attached hydrogen (secondary N) is 1. The number of hydrazone groups is 1. The monoisotopic (exact) mass is 582 g/mol. The Morgan fingerprint density at radius 1 is 1.28 bits per heavy atom. The lowest BCUT2D eigenvalue weighted by Crippen LogP contribution is -2.24. The standard InChI is InChI=1S/C22H21Br2ClN4O3/c1-13-21(24)14(2)29(28-13)11-20(30)27-26-10-15-8-17(23)22(19(9-15)31-3)32-12-16-6-4-5-7-18(16)25/h4-10H,11-12H2,1-3H3,(H,27,30). The molecular weight excluding hydrogens is 564 g/mol. The van der Waals surface area contributed by atoms with Crippen molar-refractivity contribution >= 4 is 55.6 Å². The number of carbonyl (C=O) groups is 1. The van der Waals surface area contributed by atoms with Gasteiger partial charge < -0.3 is 9.47 Å². The Hall–Kier alpha value is -2.36. The molecule has 168 valence electrons. The van der Waals surface area contributed by atoms with Crippen molar-refractivity contribution in [1.82, 2.24) is 15.2 Å². The zero-order valence-corrected chi connectivity index (χ0v) is 21.6. The zero-order chi connectivity index (χ0) is 23.3. The molecule has 32 heavy (non-hydrogen) atoms. The molecule has 1 heterocycles. The molecule has 2 aromatic carbocycles. The van der Waals surface area contributed by atoms with Gasteiger partial charge in [0.05, 0.1) is 33.7 Å². The first-order chi connectivity index (χ1) is 15.3.